The fourth-order valence-electron chi connectivity index (χ4n) is 3.33. The molecule has 3 aromatic heterocycles. The Hall–Kier alpha value is -3.36. The van der Waals surface area contributed by atoms with Crippen LogP contribution in [-0.4, -0.2) is 31.3 Å². The van der Waals surface area contributed by atoms with Crippen LogP contribution in [0.15, 0.2) is 83.9 Å². The Balaban J connectivity index is 1.58. The van der Waals surface area contributed by atoms with Gasteiger partial charge in [0.15, 0.2) is 11.0 Å². The molecule has 148 valence electrons. The smallest absolute Gasteiger partial charge is 0.194 e. The standard InChI is InChI=1S/C22H17FN6S/c1-2-9-25-20-18-12-16(14-3-5-17(23)6-4-14)13-26-21(18)30-22-27-19(28-29(20)22)15-7-10-24-11-8-15/h2-8,10-13,20,25H,1,9H2. The molecule has 4 heterocycles. The Kier molecular flexibility index (Phi) is 4.86. The van der Waals surface area contributed by atoms with Gasteiger partial charge in [-0.05, 0) is 47.7 Å². The molecule has 1 aliphatic rings. The number of nitrogens with one attached hydrogen (secondary N) is 1. The summed E-state index contributed by atoms with van der Waals surface area (Å²) in [6.45, 7) is 4.41. The number of hydrogen-bond donors (Lipinski definition) is 1. The number of aromatic nitrogens is 5. The van der Waals surface area contributed by atoms with Gasteiger partial charge in [0.1, 0.15) is 17.0 Å². The number of fused-ring (bicyclic) bond motifs is 2. The molecule has 0 saturated carbocycles. The quantitative estimate of drug-likeness (QED) is 0.489. The van der Waals surface area contributed by atoms with Crippen LogP contribution in [0, 0.1) is 5.82 Å². The number of rotatable bonds is 5. The molecule has 0 aliphatic carbocycles. The van der Waals surface area contributed by atoms with Crippen molar-refractivity contribution in [3.05, 3.63) is 85.1 Å². The highest BCUT2D eigenvalue weighted by atomic mass is 32.2. The minimum atomic E-state index is -0.262. The molecular weight excluding hydrogens is 399 g/mol. The minimum Gasteiger partial charge on any atom is -0.288 e. The van der Waals surface area contributed by atoms with E-state index in [1.54, 1.807) is 36.8 Å². The van der Waals surface area contributed by atoms with Gasteiger partial charge in [-0.3, -0.25) is 10.3 Å². The van der Waals surface area contributed by atoms with Gasteiger partial charge >= 0.3 is 0 Å². The molecule has 0 spiro atoms. The molecule has 1 aromatic carbocycles. The van der Waals surface area contributed by atoms with Gasteiger partial charge in [0.2, 0.25) is 0 Å². The van der Waals surface area contributed by atoms with E-state index in [2.05, 4.69) is 27.9 Å². The highest BCUT2D eigenvalue weighted by Crippen LogP contribution is 2.40. The van der Waals surface area contributed by atoms with E-state index in [1.165, 1.54) is 23.9 Å². The molecule has 5 rings (SSSR count). The first kappa shape index (κ1) is 18.7. The van der Waals surface area contributed by atoms with Crippen LogP contribution in [0.3, 0.4) is 0 Å². The predicted octanol–water partition coefficient (Wildman–Crippen LogP) is 4.33. The van der Waals surface area contributed by atoms with Gasteiger partial charge in [0.05, 0.1) is 0 Å². The van der Waals surface area contributed by atoms with Crippen LogP contribution in [0.2, 0.25) is 0 Å². The van der Waals surface area contributed by atoms with E-state index in [4.69, 9.17) is 10.1 Å². The van der Waals surface area contributed by atoms with Crippen molar-refractivity contribution < 1.29 is 4.39 Å². The second-order valence-corrected chi connectivity index (χ2v) is 7.68. The Morgan fingerprint density at radius 1 is 1.10 bits per heavy atom. The Morgan fingerprint density at radius 2 is 1.90 bits per heavy atom. The molecule has 1 N–H and O–H groups in total. The van der Waals surface area contributed by atoms with Crippen molar-refractivity contribution in [3.8, 4) is 22.5 Å². The zero-order valence-corrected chi connectivity index (χ0v) is 16.7. The van der Waals surface area contributed by atoms with Crippen LogP contribution < -0.4 is 5.32 Å². The third-order valence-electron chi connectivity index (χ3n) is 4.78. The SMILES string of the molecule is C=CCNC1c2cc(-c3ccc(F)cc3)cnc2Sc2nc(-c3ccncc3)nn21. The van der Waals surface area contributed by atoms with E-state index in [0.29, 0.717) is 12.4 Å². The zero-order valence-electron chi connectivity index (χ0n) is 15.9. The summed E-state index contributed by atoms with van der Waals surface area (Å²) >= 11 is 1.48. The van der Waals surface area contributed by atoms with Gasteiger partial charge in [0.25, 0.3) is 0 Å². The van der Waals surface area contributed by atoms with Gasteiger partial charge < -0.3 is 0 Å². The molecule has 6 nitrogen and oxygen atoms in total. The number of pyridine rings is 2. The number of nitrogens with zero attached hydrogens (tertiary/aromatic N) is 5. The van der Waals surface area contributed by atoms with Crippen LogP contribution in [0.5, 0.6) is 0 Å². The van der Waals surface area contributed by atoms with Gasteiger partial charge in [-0.25, -0.2) is 19.0 Å². The van der Waals surface area contributed by atoms with E-state index >= 15 is 0 Å². The summed E-state index contributed by atoms with van der Waals surface area (Å²) in [5.74, 6) is 0.374. The molecule has 30 heavy (non-hydrogen) atoms. The van der Waals surface area contributed by atoms with Crippen molar-refractivity contribution in [3.63, 3.8) is 0 Å². The summed E-state index contributed by atoms with van der Waals surface area (Å²) in [5, 5.41) is 9.83. The topological polar surface area (TPSA) is 68.5 Å². The van der Waals surface area contributed by atoms with Crippen molar-refractivity contribution in [1.82, 2.24) is 30.0 Å². The molecular formula is C22H17FN6S. The maximum atomic E-state index is 13.3. The fraction of sp³-hybridized carbons (Fsp3) is 0.0909. The van der Waals surface area contributed by atoms with Gasteiger partial charge in [-0.1, -0.05) is 18.2 Å². The van der Waals surface area contributed by atoms with Crippen molar-refractivity contribution in [1.29, 1.82) is 0 Å². The highest BCUT2D eigenvalue weighted by molar-refractivity contribution is 7.99. The molecule has 0 saturated heterocycles. The Morgan fingerprint density at radius 3 is 2.67 bits per heavy atom. The van der Waals surface area contributed by atoms with Crippen LogP contribution in [0.25, 0.3) is 22.5 Å². The maximum absolute atomic E-state index is 13.3. The normalized spacial score (nSPS) is 14.8. The second kappa shape index (κ2) is 7.81. The van der Waals surface area contributed by atoms with Crippen molar-refractivity contribution >= 4 is 11.8 Å². The highest BCUT2D eigenvalue weighted by Gasteiger charge is 2.30. The lowest BCUT2D eigenvalue weighted by molar-refractivity contribution is 0.402. The molecule has 8 heteroatoms. The lowest BCUT2D eigenvalue weighted by atomic mass is 10.0. The van der Waals surface area contributed by atoms with E-state index < -0.39 is 0 Å². The predicted molar refractivity (Wildman–Crippen MR) is 113 cm³/mol. The summed E-state index contributed by atoms with van der Waals surface area (Å²) in [6.07, 6.45) is 6.81. The first-order chi connectivity index (χ1) is 14.7. The van der Waals surface area contributed by atoms with E-state index in [0.717, 1.165) is 32.4 Å². The van der Waals surface area contributed by atoms with Crippen molar-refractivity contribution in [2.45, 2.75) is 16.3 Å². The Bertz CT molecular complexity index is 1210. The van der Waals surface area contributed by atoms with Gasteiger partial charge in [0, 0.05) is 41.8 Å². The first-order valence-corrected chi connectivity index (χ1v) is 10.2. The summed E-state index contributed by atoms with van der Waals surface area (Å²) < 4.78 is 15.2. The molecule has 1 atom stereocenters. The summed E-state index contributed by atoms with van der Waals surface area (Å²) in [6, 6.07) is 12.3. The number of hydrogen-bond acceptors (Lipinski definition) is 6. The third kappa shape index (κ3) is 3.40. The number of halogens is 1. The van der Waals surface area contributed by atoms with Crippen LogP contribution in [0.4, 0.5) is 4.39 Å². The van der Waals surface area contributed by atoms with Gasteiger partial charge in [-0.15, -0.1) is 11.7 Å². The largest absolute Gasteiger partial charge is 0.288 e. The summed E-state index contributed by atoms with van der Waals surface area (Å²) in [7, 11) is 0. The zero-order chi connectivity index (χ0) is 20.5. The molecule has 4 aromatic rings. The van der Waals surface area contributed by atoms with E-state index in [1.807, 2.05) is 16.8 Å². The molecule has 0 amide bonds. The summed E-state index contributed by atoms with van der Waals surface area (Å²) in [4.78, 5) is 13.4. The minimum absolute atomic E-state index is 0.245. The average Bonchev–Trinajstić information content (AvgIpc) is 3.21. The lowest BCUT2D eigenvalue weighted by Gasteiger charge is -2.26. The second-order valence-electron chi connectivity index (χ2n) is 6.73. The van der Waals surface area contributed by atoms with Crippen molar-refractivity contribution in [2.75, 3.05) is 6.54 Å². The van der Waals surface area contributed by atoms with Crippen LogP contribution in [0.1, 0.15) is 11.7 Å². The van der Waals surface area contributed by atoms with E-state index in [9.17, 15) is 4.39 Å². The molecule has 0 radical (unpaired) electrons. The third-order valence-corrected chi connectivity index (χ3v) is 5.77. The molecule has 1 unspecified atom stereocenters. The Labute approximate surface area is 176 Å². The first-order valence-electron chi connectivity index (χ1n) is 9.38. The monoisotopic (exact) mass is 416 g/mol. The maximum Gasteiger partial charge on any atom is 0.194 e. The molecule has 0 fully saturated rings. The number of benzene rings is 1. The van der Waals surface area contributed by atoms with Gasteiger partial charge in [-0.2, -0.15) is 0 Å². The average molecular weight is 416 g/mol. The lowest BCUT2D eigenvalue weighted by Crippen LogP contribution is -2.32. The van der Waals surface area contributed by atoms with Crippen molar-refractivity contribution in [2.24, 2.45) is 0 Å². The van der Waals surface area contributed by atoms with Crippen LogP contribution >= 0.6 is 11.8 Å². The molecule has 1 aliphatic heterocycles. The van der Waals surface area contributed by atoms with E-state index in [-0.39, 0.29) is 12.0 Å². The fourth-order valence-corrected chi connectivity index (χ4v) is 4.27. The molecule has 0 bridgehead atoms. The summed E-state index contributed by atoms with van der Waals surface area (Å²) in [5.41, 5.74) is 3.71. The van der Waals surface area contributed by atoms with Crippen LogP contribution in [-0.2, 0) is 0 Å².